The van der Waals surface area contributed by atoms with E-state index in [4.69, 9.17) is 28.3 Å². The number of carbonyl (C=O) groups is 1. The highest BCUT2D eigenvalue weighted by atomic mass is 35.5. The molecule has 1 fully saturated rings. The van der Waals surface area contributed by atoms with Crippen LogP contribution in [0.3, 0.4) is 0 Å². The lowest BCUT2D eigenvalue weighted by Crippen LogP contribution is -2.50. The summed E-state index contributed by atoms with van der Waals surface area (Å²) in [6, 6.07) is 4.17. The zero-order valence-electron chi connectivity index (χ0n) is 16.0. The molecule has 2 aromatic rings. The molecule has 2 amide bonds. The Balaban J connectivity index is 1.62. The van der Waals surface area contributed by atoms with Crippen molar-refractivity contribution >= 4 is 40.7 Å². The maximum Gasteiger partial charge on any atom is 0.417 e. The van der Waals surface area contributed by atoms with Gasteiger partial charge in [-0.25, -0.2) is 9.78 Å². The number of aliphatic hydroxyl groups is 2. The van der Waals surface area contributed by atoms with Crippen molar-refractivity contribution in [1.82, 2.24) is 9.88 Å². The summed E-state index contributed by atoms with van der Waals surface area (Å²) in [6.07, 6.45) is -4.29. The van der Waals surface area contributed by atoms with Crippen molar-refractivity contribution in [2.75, 3.05) is 43.0 Å². The van der Waals surface area contributed by atoms with E-state index in [1.165, 1.54) is 23.2 Å². The number of halogens is 5. The van der Waals surface area contributed by atoms with E-state index in [0.717, 1.165) is 12.1 Å². The lowest BCUT2D eigenvalue weighted by atomic mass is 10.1. The van der Waals surface area contributed by atoms with Gasteiger partial charge in [-0.1, -0.05) is 23.2 Å². The number of rotatable bonds is 4. The third kappa shape index (κ3) is 5.51. The predicted molar refractivity (Wildman–Crippen MR) is 111 cm³/mol. The lowest BCUT2D eigenvalue weighted by molar-refractivity contribution is -0.137. The molecule has 1 aromatic heterocycles. The largest absolute Gasteiger partial charge is 0.417 e. The van der Waals surface area contributed by atoms with Crippen molar-refractivity contribution in [3.05, 3.63) is 51.6 Å². The summed E-state index contributed by atoms with van der Waals surface area (Å²) in [7, 11) is 0. The molecule has 0 bridgehead atoms. The van der Waals surface area contributed by atoms with Crippen LogP contribution in [0.2, 0.25) is 10.0 Å². The van der Waals surface area contributed by atoms with Crippen LogP contribution in [0, 0.1) is 0 Å². The van der Waals surface area contributed by atoms with E-state index >= 15 is 0 Å². The minimum atomic E-state index is -4.63. The van der Waals surface area contributed by atoms with Crippen LogP contribution < -0.4 is 10.2 Å². The smallest absolute Gasteiger partial charge is 0.393 e. The number of urea groups is 1. The Morgan fingerprint density at radius 1 is 1.16 bits per heavy atom. The number of anilines is 2. The highest BCUT2D eigenvalue weighted by Gasteiger charge is 2.33. The van der Waals surface area contributed by atoms with Crippen LogP contribution in [0.1, 0.15) is 17.2 Å². The molecule has 0 aliphatic carbocycles. The fourth-order valence-corrected chi connectivity index (χ4v) is 3.63. The fourth-order valence-electron chi connectivity index (χ4n) is 3.11. The summed E-state index contributed by atoms with van der Waals surface area (Å²) in [5, 5.41) is 21.0. The monoisotopic (exact) mass is 478 g/mol. The van der Waals surface area contributed by atoms with Gasteiger partial charge in [0.25, 0.3) is 0 Å². The summed E-state index contributed by atoms with van der Waals surface area (Å²) < 4.78 is 39.0. The van der Waals surface area contributed by atoms with Gasteiger partial charge in [0.05, 0.1) is 22.2 Å². The van der Waals surface area contributed by atoms with Crippen molar-refractivity contribution in [2.24, 2.45) is 0 Å². The first-order valence-electron chi connectivity index (χ1n) is 9.22. The van der Waals surface area contributed by atoms with Crippen molar-refractivity contribution in [2.45, 2.75) is 12.3 Å². The van der Waals surface area contributed by atoms with Crippen LogP contribution in [0.4, 0.5) is 29.5 Å². The molecule has 3 N–H and O–H groups in total. The molecule has 1 aliphatic heterocycles. The number of piperazine rings is 1. The van der Waals surface area contributed by atoms with Crippen LogP contribution in [0.15, 0.2) is 30.5 Å². The first kappa shape index (κ1) is 23.4. The number of amides is 2. The molecule has 1 atom stereocenters. The number of aromatic nitrogens is 1. The number of alkyl halides is 3. The Labute approximate surface area is 186 Å². The van der Waals surface area contributed by atoms with Gasteiger partial charge in [0.15, 0.2) is 0 Å². The molecule has 0 unspecified atom stereocenters. The molecule has 0 spiro atoms. The van der Waals surface area contributed by atoms with E-state index in [9.17, 15) is 23.1 Å². The maximum absolute atomic E-state index is 13.0. The predicted octanol–water partition coefficient (Wildman–Crippen LogP) is 3.79. The number of pyridine rings is 1. The summed E-state index contributed by atoms with van der Waals surface area (Å²) in [6.45, 7) is 0.936. The first-order valence-corrected chi connectivity index (χ1v) is 9.97. The molecule has 31 heavy (non-hydrogen) atoms. The van der Waals surface area contributed by atoms with E-state index in [0.29, 0.717) is 42.6 Å². The summed E-state index contributed by atoms with van der Waals surface area (Å²) >= 11 is 11.8. The van der Waals surface area contributed by atoms with Crippen LogP contribution in [0.25, 0.3) is 0 Å². The Hall–Kier alpha value is -2.27. The SMILES string of the molecule is O=C(Nc1ccc(Cl)c(C(F)(F)F)c1)N1CCN(c2ncc([C@H](O)CO)cc2Cl)CC1. The van der Waals surface area contributed by atoms with Gasteiger partial charge in [0.1, 0.15) is 11.9 Å². The Kier molecular flexibility index (Phi) is 7.15. The van der Waals surface area contributed by atoms with E-state index in [2.05, 4.69) is 10.3 Å². The van der Waals surface area contributed by atoms with Crippen LogP contribution >= 0.6 is 23.2 Å². The second-order valence-corrected chi connectivity index (χ2v) is 7.68. The first-order chi connectivity index (χ1) is 14.6. The number of nitrogens with zero attached hydrogens (tertiary/aromatic N) is 3. The molecular formula is C19H19Cl2F3N4O3. The standard InChI is InChI=1S/C19H19Cl2F3N4O3/c20-14-2-1-12(8-13(14)19(22,23)24)26-18(31)28-5-3-27(4-6-28)17-15(21)7-11(9-25-17)16(30)10-29/h1-2,7-9,16,29-30H,3-6,10H2,(H,26,31)/t16-/m1/s1. The average molecular weight is 479 g/mol. The Morgan fingerprint density at radius 2 is 1.84 bits per heavy atom. The molecule has 1 aliphatic rings. The minimum Gasteiger partial charge on any atom is -0.393 e. The zero-order chi connectivity index (χ0) is 22.8. The molecule has 0 radical (unpaired) electrons. The molecule has 168 valence electrons. The van der Waals surface area contributed by atoms with Gasteiger partial charge < -0.3 is 25.3 Å². The second kappa shape index (κ2) is 9.47. The van der Waals surface area contributed by atoms with E-state index in [1.807, 2.05) is 4.90 Å². The highest BCUT2D eigenvalue weighted by Crippen LogP contribution is 2.36. The zero-order valence-corrected chi connectivity index (χ0v) is 17.5. The van der Waals surface area contributed by atoms with Crippen LogP contribution in [-0.2, 0) is 6.18 Å². The molecule has 1 saturated heterocycles. The Morgan fingerprint density at radius 3 is 2.42 bits per heavy atom. The Bertz CT molecular complexity index is 953. The highest BCUT2D eigenvalue weighted by molar-refractivity contribution is 6.33. The van der Waals surface area contributed by atoms with Crippen molar-refractivity contribution in [3.8, 4) is 0 Å². The summed E-state index contributed by atoms with van der Waals surface area (Å²) in [4.78, 5) is 20.0. The number of hydrogen-bond acceptors (Lipinski definition) is 5. The van der Waals surface area contributed by atoms with E-state index in [-0.39, 0.29) is 5.69 Å². The number of benzene rings is 1. The van der Waals surface area contributed by atoms with Gasteiger partial charge in [0, 0.05) is 43.6 Å². The topological polar surface area (TPSA) is 88.9 Å². The third-order valence-electron chi connectivity index (χ3n) is 4.79. The lowest BCUT2D eigenvalue weighted by Gasteiger charge is -2.35. The van der Waals surface area contributed by atoms with Crippen molar-refractivity contribution < 1.29 is 28.2 Å². The average Bonchev–Trinajstić information content (AvgIpc) is 2.73. The van der Waals surface area contributed by atoms with Gasteiger partial charge in [0.2, 0.25) is 0 Å². The van der Waals surface area contributed by atoms with E-state index in [1.54, 1.807) is 0 Å². The summed E-state index contributed by atoms with van der Waals surface area (Å²) in [5.74, 6) is 0.475. The normalized spacial score (nSPS) is 15.7. The molecule has 3 rings (SSSR count). The quantitative estimate of drug-likeness (QED) is 0.621. The van der Waals surface area contributed by atoms with Crippen molar-refractivity contribution in [3.63, 3.8) is 0 Å². The number of carbonyl (C=O) groups excluding carboxylic acids is 1. The molecule has 2 heterocycles. The molecular weight excluding hydrogens is 460 g/mol. The second-order valence-electron chi connectivity index (χ2n) is 6.87. The molecule has 0 saturated carbocycles. The van der Waals surface area contributed by atoms with Crippen LogP contribution in [0.5, 0.6) is 0 Å². The maximum atomic E-state index is 13.0. The fraction of sp³-hybridized carbons (Fsp3) is 0.368. The van der Waals surface area contributed by atoms with Gasteiger partial charge in [-0.3, -0.25) is 0 Å². The van der Waals surface area contributed by atoms with Crippen molar-refractivity contribution in [1.29, 1.82) is 0 Å². The number of aliphatic hydroxyl groups excluding tert-OH is 2. The van der Waals surface area contributed by atoms with Gasteiger partial charge >= 0.3 is 12.2 Å². The summed E-state index contributed by atoms with van der Waals surface area (Å²) in [5.41, 5.74) is -0.644. The number of nitrogens with one attached hydrogen (secondary N) is 1. The van der Waals surface area contributed by atoms with Gasteiger partial charge in [-0.15, -0.1) is 0 Å². The molecule has 12 heteroatoms. The van der Waals surface area contributed by atoms with Crippen LogP contribution in [-0.4, -0.2) is 58.9 Å². The minimum absolute atomic E-state index is 0.00750. The van der Waals surface area contributed by atoms with Gasteiger partial charge in [-0.2, -0.15) is 13.2 Å². The van der Waals surface area contributed by atoms with Gasteiger partial charge in [-0.05, 0) is 24.3 Å². The molecule has 1 aromatic carbocycles. The number of hydrogen-bond donors (Lipinski definition) is 3. The molecule has 7 nitrogen and oxygen atoms in total. The third-order valence-corrected chi connectivity index (χ3v) is 5.40. The van der Waals surface area contributed by atoms with E-state index < -0.39 is 35.5 Å².